The molecule has 0 spiro atoms. The van der Waals surface area contributed by atoms with E-state index in [1.165, 1.54) is 57.4 Å². The van der Waals surface area contributed by atoms with E-state index in [0.717, 1.165) is 49.3 Å². The van der Waals surface area contributed by atoms with Crippen molar-refractivity contribution in [2.75, 3.05) is 0 Å². The van der Waals surface area contributed by atoms with Crippen LogP contribution in [0.5, 0.6) is 0 Å². The van der Waals surface area contributed by atoms with Crippen LogP contribution < -0.4 is 15.2 Å². The van der Waals surface area contributed by atoms with E-state index in [9.17, 15) is 0 Å². The van der Waals surface area contributed by atoms with E-state index >= 15 is 0 Å². The molecule has 0 saturated heterocycles. The van der Waals surface area contributed by atoms with Gasteiger partial charge in [-0.2, -0.15) is 4.58 Å². The summed E-state index contributed by atoms with van der Waals surface area (Å²) in [6.07, 6.45) is 9.21. The molecule has 4 heterocycles. The molecule has 0 saturated carbocycles. The third-order valence-electron chi connectivity index (χ3n) is 12.8. The molecule has 0 radical (unpaired) electrons. The lowest BCUT2D eigenvalue weighted by Gasteiger charge is -2.30. The van der Waals surface area contributed by atoms with Gasteiger partial charge in [-0.05, 0) is 64.4 Å². The Balaban J connectivity index is 1.36. The van der Waals surface area contributed by atoms with Crippen molar-refractivity contribution >= 4 is 102 Å². The summed E-state index contributed by atoms with van der Waals surface area (Å²) in [7, 11) is 0. The molecule has 1 unspecified atom stereocenters. The van der Waals surface area contributed by atoms with E-state index in [-0.39, 0.29) is 11.3 Å². The second-order valence-electron chi connectivity index (χ2n) is 16.3. The molecule has 4 aliphatic rings. The molecule has 0 amide bonds. The Kier molecular flexibility index (Phi) is 6.85. The molecule has 59 heavy (non-hydrogen) atoms. The monoisotopic (exact) mass is 791 g/mol. The second-order valence-corrected chi connectivity index (χ2v) is 18.4. The zero-order valence-corrected chi connectivity index (χ0v) is 34.0. The molecule has 0 fully saturated rings. The summed E-state index contributed by atoms with van der Waals surface area (Å²) >= 11 is 3.68. The first-order chi connectivity index (χ1) is 29.1. The first-order valence-electron chi connectivity index (χ1n) is 20.2. The Hall–Kier alpha value is -6.73. The number of hydrogen-bond donors (Lipinski definition) is 0. The summed E-state index contributed by atoms with van der Waals surface area (Å²) in [4.78, 5) is 11.4. The number of fused-ring (bicyclic) bond motifs is 8. The Morgan fingerprint density at radius 3 is 2.19 bits per heavy atom. The van der Waals surface area contributed by atoms with E-state index in [1.54, 1.807) is 11.3 Å². The number of benzene rings is 7. The third kappa shape index (κ3) is 4.50. The predicted octanol–water partition coefficient (Wildman–Crippen LogP) is 12.8. The minimum Gasteiger partial charge on any atom is -0.308 e. The molecule has 2 aromatic heterocycles. The van der Waals surface area contributed by atoms with Gasteiger partial charge in [-0.3, -0.25) is 0 Å². The summed E-state index contributed by atoms with van der Waals surface area (Å²) in [6.45, 7) is 4.88. The van der Waals surface area contributed by atoms with Gasteiger partial charge in [-0.1, -0.05) is 151 Å². The van der Waals surface area contributed by atoms with Crippen LogP contribution in [0.25, 0.3) is 84.8 Å². The van der Waals surface area contributed by atoms with Crippen molar-refractivity contribution in [2.45, 2.75) is 19.3 Å². The SMILES string of the molecule is CC1(C)c2c(c3c4sc5c(cccc5n(-c5ccccc5)c5ccccc5c5cccc2c45)[N+]=3c2nc(-c3ccccc3)c3sc4ccccc4c3n2)=C2C=CC=CC21. The molecule has 7 aromatic carbocycles. The van der Waals surface area contributed by atoms with Crippen LogP contribution in [0, 0.1) is 5.92 Å². The van der Waals surface area contributed by atoms with Gasteiger partial charge < -0.3 is 4.57 Å². The van der Waals surface area contributed by atoms with Crippen molar-refractivity contribution in [2.24, 2.45) is 5.92 Å². The fourth-order valence-electron chi connectivity index (χ4n) is 10.3. The maximum atomic E-state index is 5.71. The Labute approximate surface area is 347 Å². The van der Waals surface area contributed by atoms with Gasteiger partial charge in [0.05, 0.1) is 20.4 Å². The van der Waals surface area contributed by atoms with Crippen LogP contribution in [-0.2, 0) is 5.41 Å². The molecule has 0 N–H and O–H groups in total. The number of rotatable bonds is 3. The molecule has 278 valence electrons. The molecular weight excluding hydrogens is 757 g/mol. The maximum Gasteiger partial charge on any atom is 0.439 e. The number of thiophene rings is 1. The van der Waals surface area contributed by atoms with Gasteiger partial charge in [0.1, 0.15) is 15.7 Å². The van der Waals surface area contributed by atoms with E-state index in [4.69, 9.17) is 9.97 Å². The quantitative estimate of drug-likeness (QED) is 0.167. The summed E-state index contributed by atoms with van der Waals surface area (Å²) in [6, 6.07) is 52.9. The smallest absolute Gasteiger partial charge is 0.308 e. The molecule has 1 atom stereocenters. The van der Waals surface area contributed by atoms with Gasteiger partial charge >= 0.3 is 5.95 Å². The standard InChI is InChI=1S/C53H35N4S2/c1-53(2)38-26-12-9-22-35(38)44-45(53)37-25-15-24-34-33-21-10-13-27-39(33)56(32-19-7-4-8-20-32)40-28-16-29-41-49(40)59-50(43(34)37)48(44)57(41)52-54-46(31-17-5-3-6-18-31)51-47(55-52)36-23-11-14-30-42(36)58-51/h3-30,38H,1-2H3/q+1. The lowest BCUT2D eigenvalue weighted by atomic mass is 9.73. The minimum atomic E-state index is -0.185. The van der Waals surface area contributed by atoms with Gasteiger partial charge in [-0.15, -0.1) is 22.7 Å². The fraction of sp³-hybridized carbons (Fsp3) is 0.0755. The highest BCUT2D eigenvalue weighted by Gasteiger charge is 2.43. The number of hydrogen-bond acceptors (Lipinski definition) is 4. The van der Waals surface area contributed by atoms with Crippen molar-refractivity contribution < 1.29 is 0 Å². The highest BCUT2D eigenvalue weighted by molar-refractivity contribution is 7.26. The predicted molar refractivity (Wildman–Crippen MR) is 250 cm³/mol. The Morgan fingerprint density at radius 2 is 1.32 bits per heavy atom. The largest absolute Gasteiger partial charge is 0.439 e. The van der Waals surface area contributed by atoms with Crippen molar-refractivity contribution in [1.82, 2.24) is 19.1 Å². The third-order valence-corrected chi connectivity index (χ3v) is 15.2. The molecule has 2 aliphatic carbocycles. The van der Waals surface area contributed by atoms with E-state index in [0.29, 0.717) is 5.95 Å². The van der Waals surface area contributed by atoms with Crippen LogP contribution in [0.3, 0.4) is 0 Å². The van der Waals surface area contributed by atoms with Crippen LogP contribution >= 0.6 is 22.7 Å². The van der Waals surface area contributed by atoms with Crippen LogP contribution in [0.15, 0.2) is 170 Å². The van der Waals surface area contributed by atoms with Crippen molar-refractivity contribution in [3.63, 3.8) is 0 Å². The average molecular weight is 792 g/mol. The Bertz CT molecular complexity index is 3750. The number of allylic oxidation sites excluding steroid dienone is 4. The molecule has 6 heteroatoms. The molecule has 13 rings (SSSR count). The van der Waals surface area contributed by atoms with Crippen LogP contribution in [-0.4, -0.2) is 14.5 Å². The van der Waals surface area contributed by atoms with Crippen LogP contribution in [0.1, 0.15) is 19.4 Å². The number of aromatic nitrogens is 3. The average Bonchev–Trinajstić information content (AvgIpc) is 3.79. The van der Waals surface area contributed by atoms with Crippen molar-refractivity contribution in [3.05, 3.63) is 186 Å². The van der Waals surface area contributed by atoms with Crippen molar-refractivity contribution in [3.8, 4) is 16.9 Å². The van der Waals surface area contributed by atoms with E-state index in [2.05, 4.69) is 193 Å². The van der Waals surface area contributed by atoms with Gasteiger partial charge in [0.15, 0.2) is 11.2 Å². The summed E-state index contributed by atoms with van der Waals surface area (Å²) < 4.78 is 9.63. The zero-order valence-electron chi connectivity index (χ0n) is 32.3. The topological polar surface area (TPSA) is 33.7 Å². The van der Waals surface area contributed by atoms with Crippen LogP contribution in [0.2, 0.25) is 0 Å². The van der Waals surface area contributed by atoms with Gasteiger partial charge in [-0.25, -0.2) is 0 Å². The van der Waals surface area contributed by atoms with Gasteiger partial charge in [0.2, 0.25) is 0 Å². The minimum absolute atomic E-state index is 0.185. The second kappa shape index (κ2) is 12.1. The van der Waals surface area contributed by atoms with Gasteiger partial charge in [0.25, 0.3) is 0 Å². The molecule has 9 aromatic rings. The zero-order chi connectivity index (χ0) is 39.0. The molecule has 4 nitrogen and oxygen atoms in total. The fourth-order valence-corrected chi connectivity index (χ4v) is 12.8. The van der Waals surface area contributed by atoms with E-state index in [1.807, 2.05) is 11.3 Å². The lowest BCUT2D eigenvalue weighted by molar-refractivity contribution is 0.473. The van der Waals surface area contributed by atoms with E-state index < -0.39 is 0 Å². The van der Waals surface area contributed by atoms with Crippen LogP contribution in [0.4, 0.5) is 11.6 Å². The lowest BCUT2D eigenvalue weighted by Crippen LogP contribution is -2.40. The molecular formula is C53H35N4S2+. The highest BCUT2D eigenvalue weighted by Crippen LogP contribution is 2.48. The molecule has 2 aliphatic heterocycles. The molecule has 6 bridgehead atoms. The highest BCUT2D eigenvalue weighted by atomic mass is 32.1. The Morgan fingerprint density at radius 1 is 0.610 bits per heavy atom. The summed E-state index contributed by atoms with van der Waals surface area (Å²) in [5.41, 5.74) is 10.0. The normalized spacial score (nSPS) is 16.1. The first-order valence-corrected chi connectivity index (χ1v) is 21.8. The van der Waals surface area contributed by atoms with Gasteiger partial charge in [0, 0.05) is 48.7 Å². The van der Waals surface area contributed by atoms with Crippen molar-refractivity contribution in [1.29, 1.82) is 0 Å². The first kappa shape index (κ1) is 33.3. The summed E-state index contributed by atoms with van der Waals surface area (Å²) in [5, 5.41) is 8.65. The summed E-state index contributed by atoms with van der Waals surface area (Å²) in [5.74, 6) is 0.900. The number of para-hydroxylation sites is 2. The maximum absolute atomic E-state index is 5.71. The number of nitrogens with zero attached hydrogens (tertiary/aromatic N) is 4.